The fraction of sp³-hybridized carbons (Fsp3) is 0.167. The Labute approximate surface area is 117 Å². The van der Waals surface area contributed by atoms with Gasteiger partial charge in [-0.3, -0.25) is 4.79 Å². The minimum absolute atomic E-state index is 0.0300. The van der Waals surface area contributed by atoms with Gasteiger partial charge < -0.3 is 4.74 Å². The van der Waals surface area contributed by atoms with Gasteiger partial charge in [0, 0.05) is 17.0 Å². The van der Waals surface area contributed by atoms with Gasteiger partial charge in [-0.05, 0) is 25.5 Å². The lowest BCUT2D eigenvalue weighted by Gasteiger charge is -2.25. The molecule has 4 rings (SSSR count). The highest BCUT2D eigenvalue weighted by Crippen LogP contribution is 2.49. The van der Waals surface area contributed by atoms with Crippen molar-refractivity contribution in [1.29, 1.82) is 0 Å². The van der Waals surface area contributed by atoms with E-state index in [1.165, 1.54) is 5.56 Å². The molecule has 1 unspecified atom stereocenters. The smallest absolute Gasteiger partial charge is 0.193 e. The summed E-state index contributed by atoms with van der Waals surface area (Å²) < 4.78 is 5.86. The Bertz CT molecular complexity index is 784. The van der Waals surface area contributed by atoms with E-state index in [0.717, 1.165) is 33.8 Å². The van der Waals surface area contributed by atoms with E-state index >= 15 is 0 Å². The molecule has 2 heteroatoms. The molecule has 1 atom stereocenters. The summed E-state index contributed by atoms with van der Waals surface area (Å²) in [5.41, 5.74) is 4.99. The van der Waals surface area contributed by atoms with E-state index in [-0.39, 0.29) is 11.7 Å². The Hall–Kier alpha value is -2.35. The third-order valence-electron chi connectivity index (χ3n) is 4.17. The summed E-state index contributed by atoms with van der Waals surface area (Å²) in [7, 11) is 0. The third-order valence-corrected chi connectivity index (χ3v) is 4.17. The number of allylic oxidation sites excluding steroid dienone is 2. The van der Waals surface area contributed by atoms with Crippen LogP contribution in [0, 0.1) is 6.92 Å². The van der Waals surface area contributed by atoms with Gasteiger partial charge in [-0.2, -0.15) is 0 Å². The number of fused-ring (bicyclic) bond motifs is 5. The van der Waals surface area contributed by atoms with Crippen molar-refractivity contribution in [2.45, 2.75) is 19.8 Å². The highest BCUT2D eigenvalue weighted by atomic mass is 16.5. The van der Waals surface area contributed by atoms with Gasteiger partial charge in [-0.25, -0.2) is 0 Å². The number of carbonyl (C=O) groups is 1. The van der Waals surface area contributed by atoms with Crippen LogP contribution in [0.1, 0.15) is 39.9 Å². The average Bonchev–Trinajstić information content (AvgIpc) is 2.75. The zero-order valence-corrected chi connectivity index (χ0v) is 11.4. The number of benzene rings is 2. The van der Waals surface area contributed by atoms with E-state index in [0.29, 0.717) is 0 Å². The quantitative estimate of drug-likeness (QED) is 0.717. The first-order valence-electron chi connectivity index (χ1n) is 6.79. The predicted molar refractivity (Wildman–Crippen MR) is 77.1 cm³/mol. The predicted octanol–water partition coefficient (Wildman–Crippen LogP) is 3.99. The zero-order valence-electron chi connectivity index (χ0n) is 11.4. The minimum Gasteiger partial charge on any atom is -0.461 e. The number of rotatable bonds is 0. The molecule has 0 saturated heterocycles. The largest absolute Gasteiger partial charge is 0.461 e. The van der Waals surface area contributed by atoms with Crippen molar-refractivity contribution < 1.29 is 9.53 Å². The SMILES string of the molecule is CC1=C2C(=O)c3ccccc3C2c2cc(C)ccc2O1. The van der Waals surface area contributed by atoms with Crippen LogP contribution in [-0.2, 0) is 0 Å². The number of Topliss-reactive ketones (excluding diaryl/α,β-unsaturated/α-hetero) is 1. The number of hydrogen-bond acceptors (Lipinski definition) is 2. The van der Waals surface area contributed by atoms with Crippen LogP contribution in [0.4, 0.5) is 0 Å². The summed E-state index contributed by atoms with van der Waals surface area (Å²) in [6.07, 6.45) is 0. The molecule has 0 N–H and O–H groups in total. The summed E-state index contributed by atoms with van der Waals surface area (Å²) in [5, 5.41) is 0. The molecule has 0 spiro atoms. The van der Waals surface area contributed by atoms with Crippen molar-refractivity contribution in [3.63, 3.8) is 0 Å². The Morgan fingerprint density at radius 2 is 1.80 bits per heavy atom. The fourth-order valence-corrected chi connectivity index (χ4v) is 3.28. The van der Waals surface area contributed by atoms with Gasteiger partial charge in [-0.15, -0.1) is 0 Å². The van der Waals surface area contributed by atoms with Crippen molar-refractivity contribution in [3.05, 3.63) is 76.1 Å². The molecule has 0 aromatic heterocycles. The first kappa shape index (κ1) is 11.5. The number of ketones is 1. The maximum Gasteiger partial charge on any atom is 0.193 e. The van der Waals surface area contributed by atoms with Crippen LogP contribution in [0.2, 0.25) is 0 Å². The van der Waals surface area contributed by atoms with Crippen molar-refractivity contribution in [3.8, 4) is 5.75 Å². The van der Waals surface area contributed by atoms with Gasteiger partial charge >= 0.3 is 0 Å². The molecule has 98 valence electrons. The molecule has 2 aromatic carbocycles. The van der Waals surface area contributed by atoms with Crippen LogP contribution in [0.5, 0.6) is 5.75 Å². The molecule has 0 fully saturated rings. The third kappa shape index (κ3) is 1.36. The van der Waals surface area contributed by atoms with E-state index < -0.39 is 0 Å². The summed E-state index contributed by atoms with van der Waals surface area (Å²) in [5.74, 6) is 1.73. The molecule has 2 aliphatic rings. The summed E-state index contributed by atoms with van der Waals surface area (Å²) in [6.45, 7) is 3.95. The van der Waals surface area contributed by atoms with Crippen LogP contribution < -0.4 is 4.74 Å². The second-order valence-corrected chi connectivity index (χ2v) is 5.46. The van der Waals surface area contributed by atoms with Crippen molar-refractivity contribution in [1.82, 2.24) is 0 Å². The second kappa shape index (κ2) is 3.83. The van der Waals surface area contributed by atoms with Gasteiger partial charge in [0.25, 0.3) is 0 Å². The normalized spacial score (nSPS) is 19.3. The minimum atomic E-state index is 0.0300. The molecule has 20 heavy (non-hydrogen) atoms. The molecule has 0 saturated carbocycles. The Morgan fingerprint density at radius 1 is 1.00 bits per heavy atom. The topological polar surface area (TPSA) is 26.3 Å². The van der Waals surface area contributed by atoms with E-state index in [9.17, 15) is 4.79 Å². The number of aryl methyl sites for hydroxylation is 1. The summed E-state index contributed by atoms with van der Waals surface area (Å²) >= 11 is 0. The second-order valence-electron chi connectivity index (χ2n) is 5.46. The molecule has 0 amide bonds. The van der Waals surface area contributed by atoms with Crippen LogP contribution in [0.25, 0.3) is 0 Å². The van der Waals surface area contributed by atoms with Gasteiger partial charge in [0.1, 0.15) is 11.5 Å². The summed E-state index contributed by atoms with van der Waals surface area (Å²) in [6, 6.07) is 14.0. The van der Waals surface area contributed by atoms with Gasteiger partial charge in [-0.1, -0.05) is 42.0 Å². The van der Waals surface area contributed by atoms with Crippen LogP contribution in [0.3, 0.4) is 0 Å². The summed E-state index contributed by atoms with van der Waals surface area (Å²) in [4.78, 5) is 12.6. The number of ether oxygens (including phenoxy) is 1. The molecule has 0 bridgehead atoms. The molecule has 1 heterocycles. The molecule has 0 radical (unpaired) electrons. The van der Waals surface area contributed by atoms with Gasteiger partial charge in [0.05, 0.1) is 5.57 Å². The van der Waals surface area contributed by atoms with E-state index in [1.807, 2.05) is 37.3 Å². The van der Waals surface area contributed by atoms with Crippen molar-refractivity contribution in [2.75, 3.05) is 0 Å². The van der Waals surface area contributed by atoms with Crippen LogP contribution >= 0.6 is 0 Å². The van der Waals surface area contributed by atoms with E-state index in [1.54, 1.807) is 0 Å². The van der Waals surface area contributed by atoms with Crippen molar-refractivity contribution >= 4 is 5.78 Å². The van der Waals surface area contributed by atoms with Crippen LogP contribution in [-0.4, -0.2) is 5.78 Å². The molecule has 1 aliphatic carbocycles. The molecule has 2 aromatic rings. The zero-order chi connectivity index (χ0) is 13.9. The van der Waals surface area contributed by atoms with Crippen molar-refractivity contribution in [2.24, 2.45) is 0 Å². The Balaban J connectivity index is 2.05. The maximum absolute atomic E-state index is 12.6. The molecular weight excluding hydrogens is 248 g/mol. The maximum atomic E-state index is 12.6. The lowest BCUT2D eigenvalue weighted by atomic mass is 9.86. The number of hydrogen-bond donors (Lipinski definition) is 0. The monoisotopic (exact) mass is 262 g/mol. The highest BCUT2D eigenvalue weighted by Gasteiger charge is 2.41. The van der Waals surface area contributed by atoms with Gasteiger partial charge in [0.2, 0.25) is 0 Å². The molecule has 1 aliphatic heterocycles. The Kier molecular flexibility index (Phi) is 2.19. The van der Waals surface area contributed by atoms with Gasteiger partial charge in [0.15, 0.2) is 5.78 Å². The van der Waals surface area contributed by atoms with Crippen LogP contribution in [0.15, 0.2) is 53.8 Å². The number of carbonyl (C=O) groups excluding carboxylic acids is 1. The first-order chi connectivity index (χ1) is 9.66. The van der Waals surface area contributed by atoms with E-state index in [2.05, 4.69) is 19.1 Å². The van der Waals surface area contributed by atoms with E-state index in [4.69, 9.17) is 4.74 Å². The Morgan fingerprint density at radius 3 is 2.65 bits per heavy atom. The molecule has 2 nitrogen and oxygen atoms in total. The first-order valence-corrected chi connectivity index (χ1v) is 6.79. The highest BCUT2D eigenvalue weighted by molar-refractivity contribution is 6.15. The average molecular weight is 262 g/mol. The standard InChI is InChI=1S/C18H14O2/c1-10-7-8-15-14(9-10)17-12-5-3-4-6-13(12)18(19)16(17)11(2)20-15/h3-9,17H,1-2H3. The lowest BCUT2D eigenvalue weighted by Crippen LogP contribution is -2.14. The lowest BCUT2D eigenvalue weighted by molar-refractivity contribution is 0.103. The molecular formula is C18H14O2. The fourth-order valence-electron chi connectivity index (χ4n) is 3.28.